The molecule has 2 atom stereocenters. The first kappa shape index (κ1) is 14.1. The molecule has 3 N–H and O–H groups in total. The van der Waals surface area contributed by atoms with Crippen LogP contribution in [0.15, 0.2) is 35.7 Å². The fourth-order valence-corrected chi connectivity index (χ4v) is 4.49. The highest BCUT2D eigenvalue weighted by Crippen LogP contribution is 2.46. The van der Waals surface area contributed by atoms with Crippen LogP contribution >= 0.6 is 22.9 Å². The first-order valence-electron chi connectivity index (χ1n) is 6.88. The van der Waals surface area contributed by atoms with Crippen LogP contribution in [0.2, 0.25) is 5.02 Å². The van der Waals surface area contributed by atoms with Gasteiger partial charge in [0.25, 0.3) is 0 Å². The van der Waals surface area contributed by atoms with Gasteiger partial charge >= 0.3 is 0 Å². The molecule has 1 aromatic carbocycles. The van der Waals surface area contributed by atoms with E-state index in [1.807, 2.05) is 17.5 Å². The van der Waals surface area contributed by atoms with Crippen molar-refractivity contribution < 1.29 is 5.11 Å². The molecule has 0 saturated heterocycles. The van der Waals surface area contributed by atoms with E-state index in [1.54, 1.807) is 0 Å². The van der Waals surface area contributed by atoms with Crippen LogP contribution < -0.4 is 5.73 Å². The van der Waals surface area contributed by atoms with E-state index in [2.05, 4.69) is 18.2 Å². The number of nitrogens with two attached hydrogens (primary N) is 1. The quantitative estimate of drug-likeness (QED) is 0.909. The zero-order valence-corrected chi connectivity index (χ0v) is 12.8. The van der Waals surface area contributed by atoms with Gasteiger partial charge in [-0.25, -0.2) is 0 Å². The van der Waals surface area contributed by atoms with E-state index >= 15 is 0 Å². The fraction of sp³-hybridized carbons (Fsp3) is 0.375. The SMILES string of the molecule is NCC1(C(O)c2cc(Cl)cs2)CCCc2ccccc21. The third kappa shape index (κ3) is 2.19. The van der Waals surface area contributed by atoms with Gasteiger partial charge in [0.15, 0.2) is 0 Å². The topological polar surface area (TPSA) is 46.2 Å². The van der Waals surface area contributed by atoms with Crippen LogP contribution in [0.3, 0.4) is 0 Å². The molecule has 0 radical (unpaired) electrons. The van der Waals surface area contributed by atoms with E-state index in [4.69, 9.17) is 17.3 Å². The van der Waals surface area contributed by atoms with Gasteiger partial charge in [-0.2, -0.15) is 0 Å². The summed E-state index contributed by atoms with van der Waals surface area (Å²) in [5, 5.41) is 13.5. The summed E-state index contributed by atoms with van der Waals surface area (Å²) in [5.74, 6) is 0. The van der Waals surface area contributed by atoms with E-state index in [-0.39, 0.29) is 5.41 Å². The van der Waals surface area contributed by atoms with Crippen LogP contribution in [-0.2, 0) is 11.8 Å². The van der Waals surface area contributed by atoms with Gasteiger partial charge in [0.05, 0.1) is 11.1 Å². The summed E-state index contributed by atoms with van der Waals surface area (Å²) in [4.78, 5) is 0.900. The molecule has 3 rings (SSSR count). The van der Waals surface area contributed by atoms with Gasteiger partial charge in [0.1, 0.15) is 0 Å². The van der Waals surface area contributed by atoms with Crippen molar-refractivity contribution in [3.63, 3.8) is 0 Å². The van der Waals surface area contributed by atoms with Crippen molar-refractivity contribution in [1.29, 1.82) is 0 Å². The number of aliphatic hydroxyl groups is 1. The second-order valence-corrected chi connectivity index (χ2v) is 6.82. The molecule has 1 heterocycles. The van der Waals surface area contributed by atoms with Crippen LogP contribution in [0.5, 0.6) is 0 Å². The molecule has 2 unspecified atom stereocenters. The predicted molar refractivity (Wildman–Crippen MR) is 84.4 cm³/mol. The number of aliphatic hydroxyl groups excluding tert-OH is 1. The Morgan fingerprint density at radius 3 is 2.90 bits per heavy atom. The van der Waals surface area contributed by atoms with Crippen LogP contribution in [0.4, 0.5) is 0 Å². The van der Waals surface area contributed by atoms with Crippen LogP contribution in [0.1, 0.15) is 34.9 Å². The lowest BCUT2D eigenvalue weighted by molar-refractivity contribution is 0.0748. The number of hydrogen-bond donors (Lipinski definition) is 2. The zero-order chi connectivity index (χ0) is 14.2. The van der Waals surface area contributed by atoms with Crippen molar-refractivity contribution in [2.24, 2.45) is 5.73 Å². The summed E-state index contributed by atoms with van der Waals surface area (Å²) in [5.41, 5.74) is 8.23. The van der Waals surface area contributed by atoms with Crippen LogP contribution in [-0.4, -0.2) is 11.7 Å². The summed E-state index contributed by atoms with van der Waals surface area (Å²) < 4.78 is 0. The minimum Gasteiger partial charge on any atom is -0.387 e. The summed E-state index contributed by atoms with van der Waals surface area (Å²) in [6, 6.07) is 10.2. The van der Waals surface area contributed by atoms with Gasteiger partial charge in [0.2, 0.25) is 0 Å². The molecular weight excluding hydrogens is 290 g/mol. The molecule has 1 aliphatic rings. The maximum Gasteiger partial charge on any atom is 0.0990 e. The fourth-order valence-electron chi connectivity index (χ4n) is 3.30. The highest BCUT2D eigenvalue weighted by Gasteiger charge is 2.42. The van der Waals surface area contributed by atoms with Gasteiger partial charge in [-0.15, -0.1) is 11.3 Å². The van der Waals surface area contributed by atoms with Crippen molar-refractivity contribution in [2.45, 2.75) is 30.8 Å². The van der Waals surface area contributed by atoms with Crippen molar-refractivity contribution in [1.82, 2.24) is 0 Å². The molecule has 0 amide bonds. The van der Waals surface area contributed by atoms with Gasteiger partial charge in [-0.05, 0) is 36.5 Å². The number of thiophene rings is 1. The molecule has 2 nitrogen and oxygen atoms in total. The predicted octanol–water partition coefficient (Wildman–Crippen LogP) is 3.67. The Labute approximate surface area is 128 Å². The van der Waals surface area contributed by atoms with Crippen LogP contribution in [0.25, 0.3) is 0 Å². The number of halogens is 1. The largest absolute Gasteiger partial charge is 0.387 e. The molecule has 2 aromatic rings. The molecule has 4 heteroatoms. The van der Waals surface area contributed by atoms with Crippen molar-refractivity contribution in [3.8, 4) is 0 Å². The number of aryl methyl sites for hydroxylation is 1. The third-order valence-corrected chi connectivity index (χ3v) is 5.70. The minimum atomic E-state index is -0.591. The highest BCUT2D eigenvalue weighted by molar-refractivity contribution is 7.10. The first-order valence-corrected chi connectivity index (χ1v) is 8.13. The lowest BCUT2D eigenvalue weighted by Gasteiger charge is -2.41. The zero-order valence-electron chi connectivity index (χ0n) is 11.2. The van der Waals surface area contributed by atoms with Gasteiger partial charge in [-0.1, -0.05) is 35.9 Å². The Morgan fingerprint density at radius 2 is 2.20 bits per heavy atom. The molecule has 0 fully saturated rings. The molecule has 1 aromatic heterocycles. The maximum absolute atomic E-state index is 10.9. The second kappa shape index (κ2) is 5.49. The molecule has 0 bridgehead atoms. The lowest BCUT2D eigenvalue weighted by Crippen LogP contribution is -2.43. The maximum atomic E-state index is 10.9. The normalized spacial score (nSPS) is 23.4. The average molecular weight is 308 g/mol. The number of rotatable bonds is 3. The van der Waals surface area contributed by atoms with Crippen molar-refractivity contribution >= 4 is 22.9 Å². The van der Waals surface area contributed by atoms with Crippen molar-refractivity contribution in [3.05, 3.63) is 56.7 Å². The second-order valence-electron chi connectivity index (χ2n) is 5.44. The molecule has 1 aliphatic carbocycles. The van der Waals surface area contributed by atoms with E-state index in [0.29, 0.717) is 11.6 Å². The Hall–Kier alpha value is -0.870. The summed E-state index contributed by atoms with van der Waals surface area (Å²) in [6.45, 7) is 0.445. The minimum absolute atomic E-state index is 0.386. The third-order valence-electron chi connectivity index (χ3n) is 4.37. The van der Waals surface area contributed by atoms with Crippen molar-refractivity contribution in [2.75, 3.05) is 6.54 Å². The lowest BCUT2D eigenvalue weighted by atomic mass is 9.66. The Morgan fingerprint density at radius 1 is 1.40 bits per heavy atom. The monoisotopic (exact) mass is 307 g/mol. The van der Waals surface area contributed by atoms with E-state index in [9.17, 15) is 5.11 Å². The molecule has 0 aliphatic heterocycles. The summed E-state index contributed by atoms with van der Waals surface area (Å²) >= 11 is 7.50. The van der Waals surface area contributed by atoms with E-state index in [0.717, 1.165) is 24.1 Å². The summed E-state index contributed by atoms with van der Waals surface area (Å²) in [6.07, 6.45) is 2.45. The summed E-state index contributed by atoms with van der Waals surface area (Å²) in [7, 11) is 0. The highest BCUT2D eigenvalue weighted by atomic mass is 35.5. The Balaban J connectivity index is 2.08. The number of hydrogen-bond acceptors (Lipinski definition) is 3. The van der Waals surface area contributed by atoms with Gasteiger partial charge < -0.3 is 10.8 Å². The number of benzene rings is 1. The van der Waals surface area contributed by atoms with Crippen LogP contribution in [0, 0.1) is 0 Å². The molecule has 106 valence electrons. The number of fused-ring (bicyclic) bond motifs is 1. The smallest absolute Gasteiger partial charge is 0.0990 e. The average Bonchev–Trinajstić information content (AvgIpc) is 2.92. The molecule has 20 heavy (non-hydrogen) atoms. The van der Waals surface area contributed by atoms with E-state index < -0.39 is 6.10 Å². The standard InChI is InChI=1S/C16H18ClNOS/c17-12-8-14(20-9-12)15(19)16(10-18)7-3-5-11-4-1-2-6-13(11)16/h1-2,4,6,8-9,15,19H,3,5,7,10,18H2. The van der Waals surface area contributed by atoms with Gasteiger partial charge in [-0.3, -0.25) is 0 Å². The van der Waals surface area contributed by atoms with E-state index in [1.165, 1.54) is 22.5 Å². The van der Waals surface area contributed by atoms with Gasteiger partial charge in [0, 0.05) is 22.2 Å². The molecule has 0 spiro atoms. The molecule has 0 saturated carbocycles. The first-order chi connectivity index (χ1) is 9.67. The molecular formula is C16H18ClNOS. The Bertz CT molecular complexity index is 612. The Kier molecular flexibility index (Phi) is 3.87.